The molecule has 6 heteroatoms. The monoisotopic (exact) mass is 291 g/mol. The Balaban J connectivity index is 1.84. The molecule has 2 aromatic rings. The quantitative estimate of drug-likeness (QED) is 0.833. The van der Waals surface area contributed by atoms with Crippen LogP contribution in [-0.2, 0) is 19.5 Å². The fourth-order valence-corrected chi connectivity index (χ4v) is 2.73. The summed E-state index contributed by atoms with van der Waals surface area (Å²) in [5.41, 5.74) is 2.09. The number of aromatic nitrogens is 2. The first-order valence-corrected chi connectivity index (χ1v) is 6.84. The zero-order chi connectivity index (χ0) is 14.1. The normalized spacial score (nSPS) is 15.1. The highest BCUT2D eigenvalue weighted by molar-refractivity contribution is 7.71. The maximum Gasteiger partial charge on any atom is 0.256 e. The van der Waals surface area contributed by atoms with Crippen LogP contribution in [0.2, 0.25) is 0 Å². The number of benzene rings is 1. The van der Waals surface area contributed by atoms with Crippen molar-refractivity contribution in [1.82, 2.24) is 14.9 Å². The molecule has 2 N–H and O–H groups in total. The number of H-pyrrole nitrogens is 2. The molecule has 104 valence electrons. The molecular weight excluding hydrogens is 277 g/mol. The standard InChI is InChI=1S/C14H14FN3OS/c15-11-4-2-1-3-9(11)7-18-6-5-12-10(8-18)13(19)17-14(20)16-12/h1-4H,5-8H2,(H2,16,17,19,20). The van der Waals surface area contributed by atoms with E-state index in [9.17, 15) is 9.18 Å². The zero-order valence-corrected chi connectivity index (χ0v) is 11.6. The number of rotatable bonds is 2. The molecule has 0 radical (unpaired) electrons. The Morgan fingerprint density at radius 3 is 2.90 bits per heavy atom. The molecule has 2 heterocycles. The van der Waals surface area contributed by atoms with E-state index in [1.54, 1.807) is 12.1 Å². The molecule has 0 amide bonds. The van der Waals surface area contributed by atoms with Gasteiger partial charge in [-0.05, 0) is 18.3 Å². The summed E-state index contributed by atoms with van der Waals surface area (Å²) in [6, 6.07) is 6.72. The fourth-order valence-electron chi connectivity index (χ4n) is 2.52. The van der Waals surface area contributed by atoms with E-state index in [4.69, 9.17) is 12.2 Å². The zero-order valence-electron chi connectivity index (χ0n) is 10.8. The van der Waals surface area contributed by atoms with Gasteiger partial charge in [-0.25, -0.2) is 4.39 Å². The molecule has 3 rings (SSSR count). The molecule has 0 bridgehead atoms. The average Bonchev–Trinajstić information content (AvgIpc) is 2.42. The van der Waals surface area contributed by atoms with Crippen LogP contribution < -0.4 is 5.56 Å². The van der Waals surface area contributed by atoms with Crippen molar-refractivity contribution in [3.8, 4) is 0 Å². The van der Waals surface area contributed by atoms with Crippen LogP contribution in [-0.4, -0.2) is 21.4 Å². The SMILES string of the molecule is O=c1[nH]c(=S)[nH]c2c1CN(Cc1ccccc1F)CC2. The number of hydrogen-bond donors (Lipinski definition) is 2. The van der Waals surface area contributed by atoms with Crippen molar-refractivity contribution < 1.29 is 4.39 Å². The second kappa shape index (κ2) is 5.30. The van der Waals surface area contributed by atoms with Crippen LogP contribution in [0.5, 0.6) is 0 Å². The van der Waals surface area contributed by atoms with Gasteiger partial charge in [-0.3, -0.25) is 14.7 Å². The molecule has 0 spiro atoms. The molecule has 0 aliphatic carbocycles. The van der Waals surface area contributed by atoms with Gasteiger partial charge in [-0.1, -0.05) is 18.2 Å². The van der Waals surface area contributed by atoms with E-state index in [1.165, 1.54) is 6.07 Å². The van der Waals surface area contributed by atoms with Gasteiger partial charge in [0.05, 0.1) is 5.56 Å². The van der Waals surface area contributed by atoms with Gasteiger partial charge in [0.15, 0.2) is 4.77 Å². The molecule has 20 heavy (non-hydrogen) atoms. The average molecular weight is 291 g/mol. The van der Waals surface area contributed by atoms with Gasteiger partial charge in [0.25, 0.3) is 5.56 Å². The van der Waals surface area contributed by atoms with Crippen LogP contribution >= 0.6 is 12.2 Å². The van der Waals surface area contributed by atoms with Crippen LogP contribution in [0.15, 0.2) is 29.1 Å². The van der Waals surface area contributed by atoms with E-state index < -0.39 is 0 Å². The van der Waals surface area contributed by atoms with Crippen molar-refractivity contribution in [2.24, 2.45) is 0 Å². The van der Waals surface area contributed by atoms with Gasteiger partial charge in [-0.15, -0.1) is 0 Å². The summed E-state index contributed by atoms with van der Waals surface area (Å²) in [5, 5.41) is 0. The Hall–Kier alpha value is -1.79. The number of aromatic amines is 2. The van der Waals surface area contributed by atoms with E-state index in [1.807, 2.05) is 6.07 Å². The molecule has 0 fully saturated rings. The topological polar surface area (TPSA) is 51.9 Å². The first kappa shape index (κ1) is 13.2. The highest BCUT2D eigenvalue weighted by atomic mass is 32.1. The van der Waals surface area contributed by atoms with Gasteiger partial charge >= 0.3 is 0 Å². The largest absolute Gasteiger partial charge is 0.335 e. The summed E-state index contributed by atoms with van der Waals surface area (Å²) in [7, 11) is 0. The predicted molar refractivity (Wildman–Crippen MR) is 76.5 cm³/mol. The van der Waals surface area contributed by atoms with Crippen molar-refractivity contribution in [1.29, 1.82) is 0 Å². The second-order valence-electron chi connectivity index (χ2n) is 4.92. The summed E-state index contributed by atoms with van der Waals surface area (Å²) in [4.78, 5) is 19.6. The number of fused-ring (bicyclic) bond motifs is 1. The third kappa shape index (κ3) is 2.57. The van der Waals surface area contributed by atoms with Crippen molar-refractivity contribution in [3.05, 3.63) is 62.0 Å². The summed E-state index contributed by atoms with van der Waals surface area (Å²) >= 11 is 4.96. The first-order chi connectivity index (χ1) is 9.63. The van der Waals surface area contributed by atoms with Crippen LogP contribution in [0.25, 0.3) is 0 Å². The molecular formula is C14H14FN3OS. The van der Waals surface area contributed by atoms with Gasteiger partial charge in [-0.2, -0.15) is 0 Å². The highest BCUT2D eigenvalue weighted by Gasteiger charge is 2.20. The molecule has 0 atom stereocenters. The molecule has 1 aromatic carbocycles. The lowest BCUT2D eigenvalue weighted by molar-refractivity contribution is 0.238. The lowest BCUT2D eigenvalue weighted by atomic mass is 10.1. The summed E-state index contributed by atoms with van der Waals surface area (Å²) in [5.74, 6) is -0.209. The van der Waals surface area contributed by atoms with Crippen LogP contribution in [0, 0.1) is 10.6 Å². The van der Waals surface area contributed by atoms with Gasteiger partial charge in [0.1, 0.15) is 5.82 Å². The maximum atomic E-state index is 13.7. The Bertz CT molecular complexity index is 753. The van der Waals surface area contributed by atoms with Gasteiger partial charge in [0, 0.05) is 37.3 Å². The summed E-state index contributed by atoms with van der Waals surface area (Å²) in [6.45, 7) is 1.78. The Labute approximate surface area is 120 Å². The summed E-state index contributed by atoms with van der Waals surface area (Å²) in [6.07, 6.45) is 0.720. The molecule has 1 aromatic heterocycles. The van der Waals surface area contributed by atoms with Crippen molar-refractivity contribution >= 4 is 12.2 Å². The van der Waals surface area contributed by atoms with Crippen LogP contribution in [0.4, 0.5) is 4.39 Å². The smallest absolute Gasteiger partial charge is 0.256 e. The fraction of sp³-hybridized carbons (Fsp3) is 0.286. The van der Waals surface area contributed by atoms with E-state index >= 15 is 0 Å². The molecule has 0 saturated carbocycles. The predicted octanol–water partition coefficient (Wildman–Crippen LogP) is 2.13. The lowest BCUT2D eigenvalue weighted by Gasteiger charge is -2.27. The first-order valence-electron chi connectivity index (χ1n) is 6.43. The molecule has 1 aliphatic rings. The minimum atomic E-state index is -0.209. The number of nitrogens with zero attached hydrogens (tertiary/aromatic N) is 1. The number of halogens is 1. The molecule has 0 saturated heterocycles. The van der Waals surface area contributed by atoms with Gasteiger partial charge in [0.2, 0.25) is 0 Å². The second-order valence-corrected chi connectivity index (χ2v) is 5.33. The molecule has 4 nitrogen and oxygen atoms in total. The highest BCUT2D eigenvalue weighted by Crippen LogP contribution is 2.17. The minimum Gasteiger partial charge on any atom is -0.335 e. The Morgan fingerprint density at radius 1 is 1.30 bits per heavy atom. The number of hydrogen-bond acceptors (Lipinski definition) is 3. The number of nitrogens with one attached hydrogen (secondary N) is 2. The van der Waals surface area contributed by atoms with Gasteiger partial charge < -0.3 is 4.98 Å². The van der Waals surface area contributed by atoms with Crippen LogP contribution in [0.3, 0.4) is 0 Å². The van der Waals surface area contributed by atoms with Crippen LogP contribution in [0.1, 0.15) is 16.8 Å². The van der Waals surface area contributed by atoms with E-state index in [-0.39, 0.29) is 11.4 Å². The minimum absolute atomic E-state index is 0.151. The lowest BCUT2D eigenvalue weighted by Crippen LogP contribution is -2.35. The molecule has 0 unspecified atom stereocenters. The van der Waals surface area contributed by atoms with E-state index in [0.29, 0.717) is 29.0 Å². The Morgan fingerprint density at radius 2 is 2.10 bits per heavy atom. The van der Waals surface area contributed by atoms with Crippen molar-refractivity contribution in [3.63, 3.8) is 0 Å². The van der Waals surface area contributed by atoms with E-state index in [2.05, 4.69) is 14.9 Å². The maximum absolute atomic E-state index is 13.7. The summed E-state index contributed by atoms with van der Waals surface area (Å²) < 4.78 is 14.0. The third-order valence-corrected chi connectivity index (χ3v) is 3.75. The van der Waals surface area contributed by atoms with Crippen molar-refractivity contribution in [2.45, 2.75) is 19.5 Å². The van der Waals surface area contributed by atoms with E-state index in [0.717, 1.165) is 18.7 Å². The molecule has 1 aliphatic heterocycles. The van der Waals surface area contributed by atoms with Crippen molar-refractivity contribution in [2.75, 3.05) is 6.54 Å². The Kier molecular flexibility index (Phi) is 3.50. The third-order valence-electron chi connectivity index (χ3n) is 3.54.